The predicted octanol–water partition coefficient (Wildman–Crippen LogP) is 3.92. The van der Waals surface area contributed by atoms with Gasteiger partial charge in [0.15, 0.2) is 5.78 Å². The largest absolute Gasteiger partial charge is 0.322 e. The Labute approximate surface area is 181 Å². The molecule has 1 amide bonds. The van der Waals surface area contributed by atoms with Crippen molar-refractivity contribution in [1.82, 2.24) is 4.72 Å². The highest BCUT2D eigenvalue weighted by Crippen LogP contribution is 2.24. The van der Waals surface area contributed by atoms with Crippen molar-refractivity contribution in [2.75, 3.05) is 5.32 Å². The van der Waals surface area contributed by atoms with Crippen molar-refractivity contribution in [3.05, 3.63) is 95.1 Å². The molecule has 158 valence electrons. The van der Waals surface area contributed by atoms with Gasteiger partial charge in [0.25, 0.3) is 5.91 Å². The lowest BCUT2D eigenvalue weighted by Gasteiger charge is -2.11. The SMILES string of the molecule is Cc1ccc(S(=O)(=O)NC2CC2)cc1C(=O)Nc1cccc(C(=O)c2ccccc2)c1. The summed E-state index contributed by atoms with van der Waals surface area (Å²) in [7, 11) is -3.67. The van der Waals surface area contributed by atoms with Crippen LogP contribution in [0.15, 0.2) is 77.7 Å². The van der Waals surface area contributed by atoms with Crippen molar-refractivity contribution in [3.63, 3.8) is 0 Å². The molecule has 0 unspecified atom stereocenters. The van der Waals surface area contributed by atoms with Crippen molar-refractivity contribution >= 4 is 27.4 Å². The van der Waals surface area contributed by atoms with Crippen LogP contribution in [0.4, 0.5) is 5.69 Å². The van der Waals surface area contributed by atoms with Crippen LogP contribution in [-0.2, 0) is 10.0 Å². The number of amides is 1. The van der Waals surface area contributed by atoms with E-state index in [9.17, 15) is 18.0 Å². The number of carbonyl (C=O) groups is 2. The van der Waals surface area contributed by atoms with Gasteiger partial charge in [-0.1, -0.05) is 48.5 Å². The van der Waals surface area contributed by atoms with E-state index in [4.69, 9.17) is 0 Å². The fraction of sp³-hybridized carbons (Fsp3) is 0.167. The third-order valence-corrected chi connectivity index (χ3v) is 6.60. The van der Waals surface area contributed by atoms with Crippen LogP contribution in [0, 0.1) is 6.92 Å². The summed E-state index contributed by atoms with van der Waals surface area (Å²) >= 11 is 0. The summed E-state index contributed by atoms with van der Waals surface area (Å²) in [5.74, 6) is -0.586. The summed E-state index contributed by atoms with van der Waals surface area (Å²) in [6.07, 6.45) is 1.66. The average molecular weight is 435 g/mol. The van der Waals surface area contributed by atoms with E-state index in [2.05, 4.69) is 10.0 Å². The number of benzene rings is 3. The van der Waals surface area contributed by atoms with Gasteiger partial charge in [-0.2, -0.15) is 0 Å². The minimum absolute atomic E-state index is 0.0199. The standard InChI is InChI=1S/C24H22N2O4S/c1-16-10-13-21(31(29,30)26-19-11-12-19)15-22(16)24(28)25-20-9-5-8-18(14-20)23(27)17-6-3-2-4-7-17/h2-10,13-15,19,26H,11-12H2,1H3,(H,25,28). The molecule has 0 aliphatic heterocycles. The molecule has 3 aromatic carbocycles. The molecule has 0 atom stereocenters. The van der Waals surface area contributed by atoms with Gasteiger partial charge < -0.3 is 5.32 Å². The summed E-state index contributed by atoms with van der Waals surface area (Å²) in [5, 5.41) is 2.77. The average Bonchev–Trinajstić information content (AvgIpc) is 3.57. The van der Waals surface area contributed by atoms with Gasteiger partial charge in [0.2, 0.25) is 10.0 Å². The van der Waals surface area contributed by atoms with Crippen LogP contribution in [0.5, 0.6) is 0 Å². The number of nitrogens with one attached hydrogen (secondary N) is 2. The predicted molar refractivity (Wildman–Crippen MR) is 119 cm³/mol. The fourth-order valence-electron chi connectivity index (χ4n) is 3.19. The lowest BCUT2D eigenvalue weighted by atomic mass is 10.0. The van der Waals surface area contributed by atoms with Crippen LogP contribution in [0.1, 0.15) is 44.7 Å². The molecule has 6 nitrogen and oxygen atoms in total. The summed E-state index contributed by atoms with van der Waals surface area (Å²) < 4.78 is 27.6. The van der Waals surface area contributed by atoms with E-state index in [1.165, 1.54) is 12.1 Å². The van der Waals surface area contributed by atoms with Crippen LogP contribution in [-0.4, -0.2) is 26.2 Å². The molecule has 0 heterocycles. The van der Waals surface area contributed by atoms with E-state index in [-0.39, 0.29) is 22.3 Å². The Morgan fingerprint density at radius 1 is 0.871 bits per heavy atom. The van der Waals surface area contributed by atoms with Crippen LogP contribution in [0.3, 0.4) is 0 Å². The van der Waals surface area contributed by atoms with Gasteiger partial charge >= 0.3 is 0 Å². The minimum atomic E-state index is -3.67. The fourth-order valence-corrected chi connectivity index (χ4v) is 4.53. The van der Waals surface area contributed by atoms with E-state index in [0.29, 0.717) is 22.4 Å². The third-order valence-electron chi connectivity index (χ3n) is 5.08. The molecule has 31 heavy (non-hydrogen) atoms. The molecular weight excluding hydrogens is 412 g/mol. The summed E-state index contributed by atoms with van der Waals surface area (Å²) in [6, 6.07) is 20.0. The first-order valence-corrected chi connectivity index (χ1v) is 11.5. The van der Waals surface area contributed by atoms with E-state index in [1.54, 1.807) is 61.5 Å². The minimum Gasteiger partial charge on any atom is -0.322 e. The first-order chi connectivity index (χ1) is 14.8. The normalized spacial score (nSPS) is 13.6. The van der Waals surface area contributed by atoms with E-state index < -0.39 is 15.9 Å². The van der Waals surface area contributed by atoms with Crippen LogP contribution >= 0.6 is 0 Å². The van der Waals surface area contributed by atoms with E-state index in [0.717, 1.165) is 12.8 Å². The maximum atomic E-state index is 12.9. The smallest absolute Gasteiger partial charge is 0.255 e. The number of aryl methyl sites for hydroxylation is 1. The molecule has 0 spiro atoms. The van der Waals surface area contributed by atoms with Gasteiger partial charge in [0, 0.05) is 28.4 Å². The molecule has 0 aromatic heterocycles. The van der Waals surface area contributed by atoms with Gasteiger partial charge in [-0.15, -0.1) is 0 Å². The van der Waals surface area contributed by atoms with Gasteiger partial charge in [-0.3, -0.25) is 9.59 Å². The Balaban J connectivity index is 1.56. The topological polar surface area (TPSA) is 92.3 Å². The molecule has 1 fully saturated rings. The zero-order chi connectivity index (χ0) is 22.0. The maximum absolute atomic E-state index is 12.9. The molecule has 3 aromatic rings. The molecule has 1 saturated carbocycles. The van der Waals surface area contributed by atoms with Gasteiger partial charge in [-0.25, -0.2) is 13.1 Å². The van der Waals surface area contributed by atoms with Gasteiger partial charge in [0.05, 0.1) is 4.90 Å². The molecule has 0 saturated heterocycles. The van der Waals surface area contributed by atoms with Crippen LogP contribution < -0.4 is 10.0 Å². The molecule has 0 radical (unpaired) electrons. The Morgan fingerprint density at radius 2 is 1.58 bits per heavy atom. The Morgan fingerprint density at radius 3 is 2.29 bits per heavy atom. The Bertz CT molecular complexity index is 1250. The van der Waals surface area contributed by atoms with E-state index in [1.807, 2.05) is 6.07 Å². The second-order valence-corrected chi connectivity index (χ2v) is 9.32. The number of carbonyl (C=O) groups excluding carboxylic acids is 2. The third kappa shape index (κ3) is 4.90. The van der Waals surface area contributed by atoms with Gasteiger partial charge in [-0.05, 0) is 49.6 Å². The van der Waals surface area contributed by atoms with Crippen molar-refractivity contribution < 1.29 is 18.0 Å². The molecule has 0 bridgehead atoms. The quantitative estimate of drug-likeness (QED) is 0.552. The highest BCUT2D eigenvalue weighted by Gasteiger charge is 2.28. The number of sulfonamides is 1. The highest BCUT2D eigenvalue weighted by atomic mass is 32.2. The second kappa shape index (κ2) is 8.45. The lowest BCUT2D eigenvalue weighted by molar-refractivity contribution is 0.102. The summed E-state index contributed by atoms with van der Waals surface area (Å²) in [6.45, 7) is 1.75. The molecular formula is C24H22N2O4S. The van der Waals surface area contributed by atoms with Crippen molar-refractivity contribution in [3.8, 4) is 0 Å². The zero-order valence-electron chi connectivity index (χ0n) is 17.0. The molecule has 4 rings (SSSR count). The summed E-state index contributed by atoms with van der Waals surface area (Å²) in [5.41, 5.74) is 2.38. The summed E-state index contributed by atoms with van der Waals surface area (Å²) in [4.78, 5) is 25.6. The Hall–Kier alpha value is -3.29. The number of ketones is 1. The Kier molecular flexibility index (Phi) is 5.71. The molecule has 2 N–H and O–H groups in total. The monoisotopic (exact) mass is 434 g/mol. The van der Waals surface area contributed by atoms with Crippen molar-refractivity contribution in [1.29, 1.82) is 0 Å². The number of rotatable bonds is 7. The zero-order valence-corrected chi connectivity index (χ0v) is 17.8. The number of hydrogen-bond acceptors (Lipinski definition) is 4. The first-order valence-electron chi connectivity index (χ1n) is 9.98. The highest BCUT2D eigenvalue weighted by molar-refractivity contribution is 7.89. The van der Waals surface area contributed by atoms with E-state index >= 15 is 0 Å². The number of anilines is 1. The maximum Gasteiger partial charge on any atom is 0.255 e. The van der Waals surface area contributed by atoms with Gasteiger partial charge in [0.1, 0.15) is 0 Å². The molecule has 7 heteroatoms. The lowest BCUT2D eigenvalue weighted by Crippen LogP contribution is -2.26. The number of hydrogen-bond donors (Lipinski definition) is 2. The second-order valence-electron chi connectivity index (χ2n) is 7.60. The molecule has 1 aliphatic rings. The van der Waals surface area contributed by atoms with Crippen LogP contribution in [0.25, 0.3) is 0 Å². The first kappa shape index (κ1) is 21.0. The molecule has 1 aliphatic carbocycles. The van der Waals surface area contributed by atoms with Crippen LogP contribution in [0.2, 0.25) is 0 Å². The van der Waals surface area contributed by atoms with Crippen molar-refractivity contribution in [2.45, 2.75) is 30.7 Å². The van der Waals surface area contributed by atoms with Crippen molar-refractivity contribution in [2.24, 2.45) is 0 Å².